The predicted octanol–water partition coefficient (Wildman–Crippen LogP) is 18.1. The van der Waals surface area contributed by atoms with E-state index in [2.05, 4.69) is 34.6 Å². The quantitative estimate of drug-likeness (QED) is 0.0344. The predicted molar refractivity (Wildman–Crippen MR) is 266 cm³/mol. The summed E-state index contributed by atoms with van der Waals surface area (Å²) in [5.41, 5.74) is 0. The average Bonchev–Trinajstić information content (AvgIpc) is 3.26. The molecule has 368 valence electrons. The average molecular weight is 877 g/mol. The van der Waals surface area contributed by atoms with Gasteiger partial charge in [0.15, 0.2) is 6.10 Å². The van der Waals surface area contributed by atoms with Gasteiger partial charge in [0.1, 0.15) is 13.2 Å². The van der Waals surface area contributed by atoms with E-state index in [0.717, 1.165) is 69.6 Å². The highest BCUT2D eigenvalue weighted by molar-refractivity contribution is 5.71. The minimum absolute atomic E-state index is 0.0631. The molecule has 0 aliphatic rings. The smallest absolute Gasteiger partial charge is 0.306 e. The number of unbranched alkanes of at least 4 members (excludes halogenated alkanes) is 34. The van der Waals surface area contributed by atoms with Gasteiger partial charge < -0.3 is 14.2 Å². The third kappa shape index (κ3) is 47.9. The Bertz CT molecular complexity index is 949. The first-order chi connectivity index (χ1) is 30.3. The van der Waals surface area contributed by atoms with Gasteiger partial charge in [0, 0.05) is 19.3 Å². The number of carbonyl (C=O) groups excluding carboxylic acids is 3. The molecule has 0 bridgehead atoms. The summed E-state index contributed by atoms with van der Waals surface area (Å²) in [7, 11) is 0. The van der Waals surface area contributed by atoms with Crippen molar-refractivity contribution >= 4 is 17.9 Å². The van der Waals surface area contributed by atoms with Gasteiger partial charge >= 0.3 is 17.9 Å². The molecule has 0 aromatic carbocycles. The number of ether oxygens (including phenoxy) is 3. The molecule has 6 heteroatoms. The minimum Gasteiger partial charge on any atom is -0.462 e. The number of hydrogen-bond acceptors (Lipinski definition) is 6. The largest absolute Gasteiger partial charge is 0.462 e. The molecule has 0 N–H and O–H groups in total. The van der Waals surface area contributed by atoms with E-state index in [0.29, 0.717) is 19.3 Å². The molecule has 0 rings (SSSR count). The first-order valence-electron chi connectivity index (χ1n) is 27.8. The zero-order valence-corrected chi connectivity index (χ0v) is 42.5. The summed E-state index contributed by atoms with van der Waals surface area (Å²) < 4.78 is 16.8. The molecule has 0 amide bonds. The van der Waals surface area contributed by atoms with E-state index >= 15 is 0 Å². The Kier molecular flexibility index (Phi) is 47.6. The molecule has 0 aromatic rings. The molecule has 1 unspecified atom stereocenters. The normalized spacial score (nSPS) is 12.5. The Hall–Kier alpha value is -1.59. The van der Waals surface area contributed by atoms with Gasteiger partial charge in [0.05, 0.1) is 0 Å². The minimum atomic E-state index is -0.761. The first kappa shape index (κ1) is 60.4. The van der Waals surface area contributed by atoms with Crippen LogP contribution < -0.4 is 0 Å². The lowest BCUT2D eigenvalue weighted by atomic mass is 9.99. The van der Waals surface area contributed by atoms with Crippen molar-refractivity contribution in [1.29, 1.82) is 0 Å². The second-order valence-corrected chi connectivity index (χ2v) is 19.9. The Morgan fingerprint density at radius 2 is 0.613 bits per heavy atom. The fourth-order valence-electron chi connectivity index (χ4n) is 8.49. The maximum absolute atomic E-state index is 12.8. The SMILES string of the molecule is CCCCCCCCCCCCC(=O)O[C@@H](COC(=O)CCCCCCCCCCCCCCCCC(C)CC)COC(=O)CCCCCCCCCCCCCCCC(C)C. The molecule has 0 saturated carbocycles. The monoisotopic (exact) mass is 877 g/mol. The van der Waals surface area contributed by atoms with Gasteiger partial charge in [0.25, 0.3) is 0 Å². The van der Waals surface area contributed by atoms with Crippen LogP contribution >= 0.6 is 0 Å². The number of carbonyl (C=O) groups is 3. The van der Waals surface area contributed by atoms with E-state index in [1.54, 1.807) is 0 Å². The highest BCUT2D eigenvalue weighted by Gasteiger charge is 2.19. The summed E-state index contributed by atoms with van der Waals surface area (Å²) in [5, 5.41) is 0. The van der Waals surface area contributed by atoms with E-state index < -0.39 is 6.10 Å². The van der Waals surface area contributed by atoms with Gasteiger partial charge in [-0.3, -0.25) is 14.4 Å². The highest BCUT2D eigenvalue weighted by Crippen LogP contribution is 2.18. The third-order valence-corrected chi connectivity index (χ3v) is 13.1. The van der Waals surface area contributed by atoms with Crippen LogP contribution in [0, 0.1) is 11.8 Å². The Morgan fingerprint density at radius 3 is 0.919 bits per heavy atom. The number of rotatable bonds is 50. The molecule has 0 radical (unpaired) electrons. The topological polar surface area (TPSA) is 78.9 Å². The van der Waals surface area contributed by atoms with Crippen molar-refractivity contribution in [1.82, 2.24) is 0 Å². The zero-order chi connectivity index (χ0) is 45.4. The Morgan fingerprint density at radius 1 is 0.339 bits per heavy atom. The summed E-state index contributed by atoms with van der Waals surface area (Å²) in [6.07, 6.45) is 50.8. The van der Waals surface area contributed by atoms with E-state index in [1.165, 1.54) is 199 Å². The van der Waals surface area contributed by atoms with E-state index in [9.17, 15) is 14.4 Å². The van der Waals surface area contributed by atoms with Crippen LogP contribution in [0.1, 0.15) is 311 Å². The van der Waals surface area contributed by atoms with Crippen LogP contribution in [-0.2, 0) is 28.6 Å². The van der Waals surface area contributed by atoms with Crippen LogP contribution in [0.15, 0.2) is 0 Å². The molecule has 0 aliphatic carbocycles. The molecule has 6 nitrogen and oxygen atoms in total. The molecule has 0 aromatic heterocycles. The Balaban J connectivity index is 4.24. The summed E-state index contributed by atoms with van der Waals surface area (Å²) in [4.78, 5) is 38.0. The van der Waals surface area contributed by atoms with Crippen molar-refractivity contribution in [2.24, 2.45) is 11.8 Å². The third-order valence-electron chi connectivity index (χ3n) is 13.1. The van der Waals surface area contributed by atoms with Crippen molar-refractivity contribution < 1.29 is 28.6 Å². The molecule has 0 aliphatic heterocycles. The molecule has 2 atom stereocenters. The molecule has 0 saturated heterocycles. The van der Waals surface area contributed by atoms with Crippen LogP contribution in [0.5, 0.6) is 0 Å². The van der Waals surface area contributed by atoms with Gasteiger partial charge in [-0.25, -0.2) is 0 Å². The summed E-state index contributed by atoms with van der Waals surface area (Å²) in [6.45, 7) is 11.4. The molecule has 62 heavy (non-hydrogen) atoms. The maximum atomic E-state index is 12.8. The second-order valence-electron chi connectivity index (χ2n) is 19.9. The fourth-order valence-corrected chi connectivity index (χ4v) is 8.49. The lowest BCUT2D eigenvalue weighted by molar-refractivity contribution is -0.167. The summed E-state index contributed by atoms with van der Waals surface area (Å²) in [5.74, 6) is 0.892. The van der Waals surface area contributed by atoms with E-state index in [-0.39, 0.29) is 31.1 Å². The van der Waals surface area contributed by atoms with Crippen LogP contribution in [-0.4, -0.2) is 37.2 Å². The Labute approximate surface area is 387 Å². The van der Waals surface area contributed by atoms with E-state index in [1.807, 2.05) is 0 Å². The molecule has 0 heterocycles. The number of esters is 3. The van der Waals surface area contributed by atoms with Gasteiger partial charge in [-0.2, -0.15) is 0 Å². The fraction of sp³-hybridized carbons (Fsp3) is 0.946. The molecular weight excluding hydrogens is 769 g/mol. The second kappa shape index (κ2) is 48.9. The molecular formula is C56H108O6. The first-order valence-corrected chi connectivity index (χ1v) is 27.8. The summed E-state index contributed by atoms with van der Waals surface area (Å²) >= 11 is 0. The van der Waals surface area contributed by atoms with Crippen molar-refractivity contribution in [3.05, 3.63) is 0 Å². The molecule has 0 spiro atoms. The summed E-state index contributed by atoms with van der Waals surface area (Å²) in [6, 6.07) is 0. The lowest BCUT2D eigenvalue weighted by Gasteiger charge is -2.18. The number of hydrogen-bond donors (Lipinski definition) is 0. The van der Waals surface area contributed by atoms with Gasteiger partial charge in [-0.1, -0.05) is 272 Å². The van der Waals surface area contributed by atoms with Gasteiger partial charge in [-0.15, -0.1) is 0 Å². The van der Waals surface area contributed by atoms with Crippen LogP contribution in [0.25, 0.3) is 0 Å². The van der Waals surface area contributed by atoms with Crippen LogP contribution in [0.4, 0.5) is 0 Å². The zero-order valence-electron chi connectivity index (χ0n) is 42.5. The lowest BCUT2D eigenvalue weighted by Crippen LogP contribution is -2.30. The van der Waals surface area contributed by atoms with Crippen LogP contribution in [0.2, 0.25) is 0 Å². The maximum Gasteiger partial charge on any atom is 0.306 e. The standard InChI is InChI=1S/C56H108O6/c1-6-8-9-10-11-12-26-33-38-43-48-56(59)62-53(50-61-55(58)47-42-37-32-28-23-19-15-16-20-24-29-34-39-44-51(3)4)49-60-54(57)46-41-36-31-27-22-18-14-13-17-21-25-30-35-40-45-52(5)7-2/h51-53H,6-50H2,1-5H3/t52?,53-/m0/s1. The van der Waals surface area contributed by atoms with E-state index in [4.69, 9.17) is 14.2 Å². The van der Waals surface area contributed by atoms with Crippen molar-refractivity contribution in [3.8, 4) is 0 Å². The van der Waals surface area contributed by atoms with Crippen molar-refractivity contribution in [2.75, 3.05) is 13.2 Å². The van der Waals surface area contributed by atoms with Crippen molar-refractivity contribution in [2.45, 2.75) is 317 Å². The molecule has 0 fully saturated rings. The van der Waals surface area contributed by atoms with Gasteiger partial charge in [-0.05, 0) is 31.1 Å². The van der Waals surface area contributed by atoms with Crippen molar-refractivity contribution in [3.63, 3.8) is 0 Å². The van der Waals surface area contributed by atoms with Crippen LogP contribution in [0.3, 0.4) is 0 Å². The highest BCUT2D eigenvalue weighted by atomic mass is 16.6. The van der Waals surface area contributed by atoms with Gasteiger partial charge in [0.2, 0.25) is 0 Å².